The Morgan fingerprint density at radius 2 is 2.24 bits per heavy atom. The first-order valence-electron chi connectivity index (χ1n) is 7.31. The SMILES string of the molecule is CCCNC(C)(C#N)CCOc1ccc2cccnc2c1. The van der Waals surface area contributed by atoms with Gasteiger partial charge in [-0.05, 0) is 38.1 Å². The molecule has 0 amide bonds. The Labute approximate surface area is 125 Å². The highest BCUT2D eigenvalue weighted by Gasteiger charge is 2.22. The molecule has 1 unspecified atom stereocenters. The normalized spacial score (nSPS) is 13.6. The second-order valence-electron chi connectivity index (χ2n) is 5.33. The molecular formula is C17H21N3O. The summed E-state index contributed by atoms with van der Waals surface area (Å²) in [7, 11) is 0. The van der Waals surface area contributed by atoms with Gasteiger partial charge in [0, 0.05) is 24.1 Å². The molecule has 0 aliphatic heterocycles. The molecule has 1 aromatic heterocycles. The minimum absolute atomic E-state index is 0.499. The summed E-state index contributed by atoms with van der Waals surface area (Å²) >= 11 is 0. The highest BCUT2D eigenvalue weighted by molar-refractivity contribution is 5.79. The van der Waals surface area contributed by atoms with Crippen LogP contribution >= 0.6 is 0 Å². The third-order valence-corrected chi connectivity index (χ3v) is 3.46. The summed E-state index contributed by atoms with van der Waals surface area (Å²) in [5, 5.41) is 13.6. The molecule has 0 radical (unpaired) electrons. The number of nitrogens with one attached hydrogen (secondary N) is 1. The molecule has 1 heterocycles. The molecule has 0 saturated carbocycles. The number of hydrogen-bond acceptors (Lipinski definition) is 4. The molecular weight excluding hydrogens is 262 g/mol. The molecule has 1 aromatic carbocycles. The van der Waals surface area contributed by atoms with Crippen LogP contribution in [0.5, 0.6) is 5.75 Å². The second kappa shape index (κ2) is 7.05. The van der Waals surface area contributed by atoms with Gasteiger partial charge in [0.1, 0.15) is 11.3 Å². The maximum absolute atomic E-state index is 9.27. The van der Waals surface area contributed by atoms with E-state index >= 15 is 0 Å². The molecule has 2 rings (SSSR count). The van der Waals surface area contributed by atoms with Gasteiger partial charge in [-0.15, -0.1) is 0 Å². The number of benzene rings is 1. The van der Waals surface area contributed by atoms with Crippen LogP contribution in [0.25, 0.3) is 10.9 Å². The van der Waals surface area contributed by atoms with E-state index in [1.807, 2.05) is 37.3 Å². The van der Waals surface area contributed by atoms with Crippen LogP contribution in [0.1, 0.15) is 26.7 Å². The van der Waals surface area contributed by atoms with Crippen LogP contribution in [-0.2, 0) is 0 Å². The van der Waals surface area contributed by atoms with E-state index in [-0.39, 0.29) is 0 Å². The average molecular weight is 283 g/mol. The van der Waals surface area contributed by atoms with Crippen LogP contribution in [0.4, 0.5) is 0 Å². The van der Waals surface area contributed by atoms with Crippen molar-refractivity contribution in [2.75, 3.05) is 13.2 Å². The summed E-state index contributed by atoms with van der Waals surface area (Å²) in [4.78, 5) is 4.31. The lowest BCUT2D eigenvalue weighted by molar-refractivity contribution is 0.267. The van der Waals surface area contributed by atoms with Crippen molar-refractivity contribution >= 4 is 10.9 Å². The number of pyridine rings is 1. The average Bonchev–Trinajstić information content (AvgIpc) is 2.53. The fourth-order valence-corrected chi connectivity index (χ4v) is 2.09. The van der Waals surface area contributed by atoms with Crippen molar-refractivity contribution in [3.8, 4) is 11.8 Å². The van der Waals surface area contributed by atoms with E-state index < -0.39 is 5.54 Å². The zero-order valence-corrected chi connectivity index (χ0v) is 12.6. The molecule has 0 saturated heterocycles. The lowest BCUT2D eigenvalue weighted by Gasteiger charge is -2.23. The minimum Gasteiger partial charge on any atom is -0.493 e. The Balaban J connectivity index is 1.94. The molecule has 0 spiro atoms. The first-order valence-corrected chi connectivity index (χ1v) is 7.31. The standard InChI is InChI=1S/C17H21N3O/c1-3-9-20-17(2,13-18)8-11-21-15-7-6-14-5-4-10-19-16(14)12-15/h4-7,10,12,20H,3,8-9,11H2,1-2H3. The lowest BCUT2D eigenvalue weighted by Crippen LogP contribution is -2.42. The van der Waals surface area contributed by atoms with Crippen molar-refractivity contribution in [1.82, 2.24) is 10.3 Å². The van der Waals surface area contributed by atoms with Crippen LogP contribution in [0, 0.1) is 11.3 Å². The van der Waals surface area contributed by atoms with Crippen LogP contribution in [0.15, 0.2) is 36.5 Å². The number of fused-ring (bicyclic) bond motifs is 1. The van der Waals surface area contributed by atoms with Gasteiger partial charge < -0.3 is 4.74 Å². The van der Waals surface area contributed by atoms with E-state index in [0.29, 0.717) is 13.0 Å². The largest absolute Gasteiger partial charge is 0.493 e. The van der Waals surface area contributed by atoms with Crippen LogP contribution in [-0.4, -0.2) is 23.7 Å². The van der Waals surface area contributed by atoms with Crippen LogP contribution in [0.2, 0.25) is 0 Å². The Kier molecular flexibility index (Phi) is 5.13. The van der Waals surface area contributed by atoms with Gasteiger partial charge >= 0.3 is 0 Å². The molecule has 2 aromatic rings. The molecule has 0 aliphatic rings. The molecule has 0 bridgehead atoms. The summed E-state index contributed by atoms with van der Waals surface area (Å²) < 4.78 is 5.76. The van der Waals surface area contributed by atoms with Gasteiger partial charge in [-0.3, -0.25) is 10.3 Å². The summed E-state index contributed by atoms with van der Waals surface area (Å²) in [6, 6.07) is 12.1. The van der Waals surface area contributed by atoms with Crippen molar-refractivity contribution < 1.29 is 4.74 Å². The molecule has 110 valence electrons. The number of hydrogen-bond donors (Lipinski definition) is 1. The number of aromatic nitrogens is 1. The second-order valence-corrected chi connectivity index (χ2v) is 5.33. The molecule has 1 atom stereocenters. The summed E-state index contributed by atoms with van der Waals surface area (Å²) in [6.45, 7) is 5.33. The smallest absolute Gasteiger partial charge is 0.121 e. The van der Waals surface area contributed by atoms with E-state index in [1.54, 1.807) is 6.20 Å². The third-order valence-electron chi connectivity index (χ3n) is 3.46. The van der Waals surface area contributed by atoms with E-state index in [1.165, 1.54) is 0 Å². The van der Waals surface area contributed by atoms with E-state index in [2.05, 4.69) is 23.3 Å². The van der Waals surface area contributed by atoms with Gasteiger partial charge in [-0.25, -0.2) is 0 Å². The topological polar surface area (TPSA) is 57.9 Å². The highest BCUT2D eigenvalue weighted by atomic mass is 16.5. The maximum Gasteiger partial charge on any atom is 0.121 e. The first kappa shape index (κ1) is 15.3. The minimum atomic E-state index is -0.537. The van der Waals surface area contributed by atoms with Gasteiger partial charge in [-0.2, -0.15) is 5.26 Å². The van der Waals surface area contributed by atoms with Gasteiger partial charge in [-0.1, -0.05) is 13.0 Å². The number of nitriles is 1. The van der Waals surface area contributed by atoms with Gasteiger partial charge in [0.25, 0.3) is 0 Å². The predicted octanol–water partition coefficient (Wildman–Crippen LogP) is 3.29. The third kappa shape index (κ3) is 4.17. The molecule has 4 nitrogen and oxygen atoms in total. The van der Waals surface area contributed by atoms with Crippen molar-refractivity contribution in [2.24, 2.45) is 0 Å². The predicted molar refractivity (Wildman–Crippen MR) is 84.2 cm³/mol. The first-order chi connectivity index (χ1) is 10.2. The summed E-state index contributed by atoms with van der Waals surface area (Å²) in [5.41, 5.74) is 0.382. The van der Waals surface area contributed by atoms with Crippen LogP contribution in [0.3, 0.4) is 0 Å². The Morgan fingerprint density at radius 3 is 3.00 bits per heavy atom. The maximum atomic E-state index is 9.27. The Hall–Kier alpha value is -2.12. The highest BCUT2D eigenvalue weighted by Crippen LogP contribution is 2.19. The van der Waals surface area contributed by atoms with Gasteiger partial charge in [0.2, 0.25) is 0 Å². The summed E-state index contributed by atoms with van der Waals surface area (Å²) in [6.07, 6.45) is 3.42. The molecule has 0 fully saturated rings. The zero-order valence-electron chi connectivity index (χ0n) is 12.6. The van der Waals surface area contributed by atoms with Crippen LogP contribution < -0.4 is 10.1 Å². The monoisotopic (exact) mass is 283 g/mol. The Bertz CT molecular complexity index is 635. The van der Waals surface area contributed by atoms with Gasteiger partial charge in [0.15, 0.2) is 0 Å². The number of nitrogens with zero attached hydrogens (tertiary/aromatic N) is 2. The quantitative estimate of drug-likeness (QED) is 0.847. The van der Waals surface area contributed by atoms with Crippen molar-refractivity contribution in [3.05, 3.63) is 36.5 Å². The molecule has 21 heavy (non-hydrogen) atoms. The summed E-state index contributed by atoms with van der Waals surface area (Å²) in [5.74, 6) is 0.789. The lowest BCUT2D eigenvalue weighted by atomic mass is 10.0. The molecule has 1 N–H and O–H groups in total. The van der Waals surface area contributed by atoms with Crippen molar-refractivity contribution in [2.45, 2.75) is 32.2 Å². The number of rotatable bonds is 7. The molecule has 4 heteroatoms. The van der Waals surface area contributed by atoms with Crippen molar-refractivity contribution in [1.29, 1.82) is 5.26 Å². The van der Waals surface area contributed by atoms with E-state index in [9.17, 15) is 5.26 Å². The number of ether oxygens (including phenoxy) is 1. The van der Waals surface area contributed by atoms with Gasteiger partial charge in [0.05, 0.1) is 18.2 Å². The zero-order chi connectivity index (χ0) is 15.1. The Morgan fingerprint density at radius 1 is 1.38 bits per heavy atom. The fourth-order valence-electron chi connectivity index (χ4n) is 2.09. The fraction of sp³-hybridized carbons (Fsp3) is 0.412. The van der Waals surface area contributed by atoms with Crippen molar-refractivity contribution in [3.63, 3.8) is 0 Å². The molecule has 0 aliphatic carbocycles. The van der Waals surface area contributed by atoms with E-state index in [0.717, 1.165) is 29.6 Å². The van der Waals surface area contributed by atoms with E-state index in [4.69, 9.17) is 4.74 Å².